The number of benzene rings is 2. The fourth-order valence-corrected chi connectivity index (χ4v) is 5.29. The maximum atomic E-state index is 5.61. The highest BCUT2D eigenvalue weighted by molar-refractivity contribution is 7.99. The van der Waals surface area contributed by atoms with Crippen molar-refractivity contribution in [1.29, 1.82) is 0 Å². The second kappa shape index (κ2) is 9.79. The molecule has 150 valence electrons. The van der Waals surface area contributed by atoms with Gasteiger partial charge in [-0.3, -0.25) is 0 Å². The van der Waals surface area contributed by atoms with E-state index >= 15 is 0 Å². The van der Waals surface area contributed by atoms with Gasteiger partial charge in [-0.2, -0.15) is 0 Å². The van der Waals surface area contributed by atoms with E-state index in [0.29, 0.717) is 0 Å². The summed E-state index contributed by atoms with van der Waals surface area (Å²) in [7, 11) is 0. The first kappa shape index (κ1) is 19.8. The molecular weight excluding hydrogens is 364 g/mol. The summed E-state index contributed by atoms with van der Waals surface area (Å²) in [4.78, 5) is 10.5. The van der Waals surface area contributed by atoms with Crippen molar-refractivity contribution in [2.45, 2.75) is 29.1 Å². The summed E-state index contributed by atoms with van der Waals surface area (Å²) in [5.74, 6) is 0. The molecule has 2 aromatic rings. The minimum Gasteiger partial charge on any atom is -0.340 e. The summed E-state index contributed by atoms with van der Waals surface area (Å²) in [5, 5.41) is 0. The molecule has 2 aliphatic rings. The number of nitrogens with zero attached hydrogens (tertiary/aromatic N) is 3. The van der Waals surface area contributed by atoms with Crippen LogP contribution in [0.15, 0.2) is 58.3 Å². The molecule has 0 bridgehead atoms. The van der Waals surface area contributed by atoms with Crippen LogP contribution in [0.3, 0.4) is 0 Å². The molecule has 4 nitrogen and oxygen atoms in total. The van der Waals surface area contributed by atoms with Gasteiger partial charge in [0.1, 0.15) is 0 Å². The monoisotopic (exact) mass is 396 g/mol. The second-order valence-electron chi connectivity index (χ2n) is 7.72. The van der Waals surface area contributed by atoms with Gasteiger partial charge in [0.25, 0.3) is 0 Å². The molecular formula is C23H32N4S. The summed E-state index contributed by atoms with van der Waals surface area (Å²) >= 11 is 1.89. The number of nitrogens with two attached hydrogens (primary N) is 1. The van der Waals surface area contributed by atoms with E-state index in [0.717, 1.165) is 19.5 Å². The van der Waals surface area contributed by atoms with Crippen molar-refractivity contribution in [3.8, 4) is 0 Å². The zero-order chi connectivity index (χ0) is 19.2. The number of anilines is 2. The van der Waals surface area contributed by atoms with Crippen LogP contribution in [-0.2, 0) is 0 Å². The molecule has 0 amide bonds. The third kappa shape index (κ3) is 4.71. The van der Waals surface area contributed by atoms with Gasteiger partial charge < -0.3 is 20.4 Å². The predicted octanol–water partition coefficient (Wildman–Crippen LogP) is 4.04. The number of fused-ring (bicyclic) bond motifs is 2. The highest BCUT2D eigenvalue weighted by Crippen LogP contribution is 2.47. The lowest BCUT2D eigenvalue weighted by Crippen LogP contribution is -2.47. The summed E-state index contributed by atoms with van der Waals surface area (Å²) in [6.45, 7) is 9.10. The lowest BCUT2D eigenvalue weighted by Gasteiger charge is -2.36. The average Bonchev–Trinajstić information content (AvgIpc) is 2.74. The van der Waals surface area contributed by atoms with Crippen LogP contribution in [0, 0.1) is 0 Å². The van der Waals surface area contributed by atoms with Crippen molar-refractivity contribution in [1.82, 2.24) is 9.80 Å². The van der Waals surface area contributed by atoms with E-state index in [2.05, 4.69) is 63.2 Å². The summed E-state index contributed by atoms with van der Waals surface area (Å²) in [6.07, 6.45) is 3.58. The Morgan fingerprint density at radius 2 is 1.21 bits per heavy atom. The van der Waals surface area contributed by atoms with Gasteiger partial charge in [0.2, 0.25) is 0 Å². The Bertz CT molecular complexity index is 712. The minimum atomic E-state index is 0.821. The summed E-state index contributed by atoms with van der Waals surface area (Å²) < 4.78 is 0. The molecule has 2 N–H and O–H groups in total. The van der Waals surface area contributed by atoms with E-state index in [-0.39, 0.29) is 0 Å². The smallest absolute Gasteiger partial charge is 0.0552 e. The standard InChI is InChI=1S/C23H32N4S/c24-12-5-6-13-25-16-18-26(19-17-25)14-7-15-27-20-8-1-3-10-22(20)28-23-11-4-2-9-21(23)27/h1-4,8-11H,5-7,12-19,24H2. The van der Waals surface area contributed by atoms with Crippen LogP contribution in [-0.4, -0.2) is 62.2 Å². The summed E-state index contributed by atoms with van der Waals surface area (Å²) in [6, 6.07) is 17.6. The Labute approximate surface area is 173 Å². The van der Waals surface area contributed by atoms with Gasteiger partial charge in [-0.15, -0.1) is 0 Å². The Morgan fingerprint density at radius 3 is 1.79 bits per heavy atom. The second-order valence-corrected chi connectivity index (χ2v) is 8.81. The molecule has 0 aliphatic carbocycles. The molecule has 2 heterocycles. The van der Waals surface area contributed by atoms with Gasteiger partial charge in [-0.25, -0.2) is 0 Å². The number of para-hydroxylation sites is 2. The number of rotatable bonds is 8. The van der Waals surface area contributed by atoms with Crippen LogP contribution in [0.2, 0.25) is 0 Å². The normalized spacial score (nSPS) is 17.4. The van der Waals surface area contributed by atoms with Crippen molar-refractivity contribution < 1.29 is 0 Å². The molecule has 28 heavy (non-hydrogen) atoms. The molecule has 4 rings (SSSR count). The van der Waals surface area contributed by atoms with Crippen molar-refractivity contribution in [3.05, 3.63) is 48.5 Å². The van der Waals surface area contributed by atoms with Gasteiger partial charge in [0.15, 0.2) is 0 Å². The van der Waals surface area contributed by atoms with Gasteiger partial charge in [-0.05, 0) is 63.2 Å². The Balaban J connectivity index is 1.30. The zero-order valence-electron chi connectivity index (χ0n) is 16.7. The summed E-state index contributed by atoms with van der Waals surface area (Å²) in [5.41, 5.74) is 8.32. The molecule has 0 saturated carbocycles. The first-order valence-corrected chi connectivity index (χ1v) is 11.4. The molecule has 0 unspecified atom stereocenters. The van der Waals surface area contributed by atoms with Crippen LogP contribution in [0.5, 0.6) is 0 Å². The highest BCUT2D eigenvalue weighted by atomic mass is 32.2. The van der Waals surface area contributed by atoms with Crippen molar-refractivity contribution in [2.24, 2.45) is 5.73 Å². The zero-order valence-corrected chi connectivity index (χ0v) is 17.5. The quantitative estimate of drug-likeness (QED) is 0.682. The van der Waals surface area contributed by atoms with Gasteiger partial charge in [-0.1, -0.05) is 36.0 Å². The molecule has 5 heteroatoms. The number of hydrogen-bond donors (Lipinski definition) is 1. The minimum absolute atomic E-state index is 0.821. The van der Waals surface area contributed by atoms with E-state index in [4.69, 9.17) is 5.73 Å². The van der Waals surface area contributed by atoms with Crippen LogP contribution in [0.1, 0.15) is 19.3 Å². The fraction of sp³-hybridized carbons (Fsp3) is 0.478. The predicted molar refractivity (Wildman–Crippen MR) is 120 cm³/mol. The van der Waals surface area contributed by atoms with Crippen LogP contribution >= 0.6 is 11.8 Å². The third-order valence-electron chi connectivity index (χ3n) is 5.78. The maximum Gasteiger partial charge on any atom is 0.0552 e. The van der Waals surface area contributed by atoms with E-state index < -0.39 is 0 Å². The van der Waals surface area contributed by atoms with Crippen LogP contribution in [0.4, 0.5) is 11.4 Å². The van der Waals surface area contributed by atoms with Crippen molar-refractivity contribution in [3.63, 3.8) is 0 Å². The van der Waals surface area contributed by atoms with E-state index in [1.54, 1.807) is 0 Å². The molecule has 0 aromatic heterocycles. The fourth-order valence-electron chi connectivity index (χ4n) is 4.19. The molecule has 1 saturated heterocycles. The number of hydrogen-bond acceptors (Lipinski definition) is 5. The molecule has 2 aliphatic heterocycles. The Kier molecular flexibility index (Phi) is 6.91. The lowest BCUT2D eigenvalue weighted by atomic mass is 10.2. The molecule has 0 spiro atoms. The number of piperazine rings is 1. The van der Waals surface area contributed by atoms with Crippen molar-refractivity contribution >= 4 is 23.1 Å². The molecule has 0 radical (unpaired) electrons. The largest absolute Gasteiger partial charge is 0.340 e. The topological polar surface area (TPSA) is 35.7 Å². The SMILES string of the molecule is NCCCCN1CCN(CCCN2c3ccccc3Sc3ccccc32)CC1. The van der Waals surface area contributed by atoms with E-state index in [1.807, 2.05) is 11.8 Å². The molecule has 0 atom stereocenters. The maximum absolute atomic E-state index is 5.61. The highest BCUT2D eigenvalue weighted by Gasteiger charge is 2.23. The van der Waals surface area contributed by atoms with Gasteiger partial charge in [0, 0.05) is 42.5 Å². The lowest BCUT2D eigenvalue weighted by molar-refractivity contribution is 0.130. The third-order valence-corrected chi connectivity index (χ3v) is 6.91. The van der Waals surface area contributed by atoms with E-state index in [1.165, 1.54) is 73.3 Å². The first-order chi connectivity index (χ1) is 13.8. The van der Waals surface area contributed by atoms with Gasteiger partial charge >= 0.3 is 0 Å². The number of unbranched alkanes of at least 4 members (excludes halogenated alkanes) is 1. The van der Waals surface area contributed by atoms with Crippen LogP contribution < -0.4 is 10.6 Å². The van der Waals surface area contributed by atoms with Gasteiger partial charge in [0.05, 0.1) is 11.4 Å². The Morgan fingerprint density at radius 1 is 0.679 bits per heavy atom. The van der Waals surface area contributed by atoms with E-state index in [9.17, 15) is 0 Å². The molecule has 1 fully saturated rings. The Hall–Kier alpha value is -1.53. The molecule has 2 aromatic carbocycles. The van der Waals surface area contributed by atoms with Crippen LogP contribution in [0.25, 0.3) is 0 Å². The average molecular weight is 397 g/mol. The first-order valence-electron chi connectivity index (χ1n) is 10.6. The van der Waals surface area contributed by atoms with Crippen molar-refractivity contribution in [2.75, 3.05) is 57.3 Å².